The lowest BCUT2D eigenvalue weighted by Gasteiger charge is -2.21. The predicted octanol–water partition coefficient (Wildman–Crippen LogP) is 2.71. The highest BCUT2D eigenvalue weighted by Crippen LogP contribution is 2.08. The third kappa shape index (κ3) is 6.08. The Balaban J connectivity index is 3.86. The summed E-state index contributed by atoms with van der Waals surface area (Å²) in [6, 6.07) is 0.318. The largest absolute Gasteiger partial charge is 0.353 e. The molecule has 0 rings (SSSR count). The molecule has 2 nitrogen and oxygen atoms in total. The molecule has 1 atom stereocenters. The van der Waals surface area contributed by atoms with E-state index in [-0.39, 0.29) is 5.91 Å². The summed E-state index contributed by atoms with van der Waals surface area (Å²) in [5, 5.41) is 4.00. The van der Waals surface area contributed by atoms with E-state index in [1.54, 1.807) is 0 Å². The third-order valence-electron chi connectivity index (χ3n) is 2.05. The van der Waals surface area contributed by atoms with E-state index in [9.17, 15) is 4.79 Å². The summed E-state index contributed by atoms with van der Waals surface area (Å²) in [6.45, 7) is 6.30. The van der Waals surface area contributed by atoms with E-state index in [2.05, 4.69) is 35.1 Å². The molecule has 78 valence electrons. The fourth-order valence-corrected chi connectivity index (χ4v) is 1.69. The van der Waals surface area contributed by atoms with Gasteiger partial charge in [-0.3, -0.25) is 4.79 Å². The maximum Gasteiger partial charge on any atom is 0.220 e. The van der Waals surface area contributed by atoms with Crippen LogP contribution in [0.25, 0.3) is 0 Å². The molecular formula is C10H20BrNO. The van der Waals surface area contributed by atoms with Crippen molar-refractivity contribution in [2.24, 2.45) is 5.92 Å². The Kier molecular flexibility index (Phi) is 7.33. The van der Waals surface area contributed by atoms with E-state index in [1.165, 1.54) is 0 Å². The zero-order chi connectivity index (χ0) is 10.3. The Labute approximate surface area is 89.6 Å². The lowest BCUT2D eigenvalue weighted by Crippen LogP contribution is -2.38. The van der Waals surface area contributed by atoms with Gasteiger partial charge in [-0.2, -0.15) is 0 Å². The van der Waals surface area contributed by atoms with Crippen LogP contribution in [0.4, 0.5) is 0 Å². The normalized spacial score (nSPS) is 13.0. The van der Waals surface area contributed by atoms with Gasteiger partial charge in [-0.05, 0) is 18.8 Å². The Morgan fingerprint density at radius 3 is 2.46 bits per heavy atom. The van der Waals surface area contributed by atoms with Crippen LogP contribution < -0.4 is 5.32 Å². The second-order valence-corrected chi connectivity index (χ2v) is 4.44. The minimum atomic E-state index is 0.183. The molecule has 0 saturated heterocycles. The summed E-state index contributed by atoms with van der Waals surface area (Å²) in [6.07, 6.45) is 2.57. The van der Waals surface area contributed by atoms with Crippen molar-refractivity contribution in [1.29, 1.82) is 0 Å². The quantitative estimate of drug-likeness (QED) is 0.721. The summed E-state index contributed by atoms with van der Waals surface area (Å²) in [5.41, 5.74) is 0. The smallest absolute Gasteiger partial charge is 0.220 e. The van der Waals surface area contributed by atoms with Gasteiger partial charge in [0.2, 0.25) is 5.91 Å². The van der Waals surface area contributed by atoms with Crippen LogP contribution in [0, 0.1) is 5.92 Å². The molecule has 1 N–H and O–H groups in total. The lowest BCUT2D eigenvalue weighted by atomic mass is 10.0. The van der Waals surface area contributed by atoms with Crippen molar-refractivity contribution < 1.29 is 4.79 Å². The van der Waals surface area contributed by atoms with Crippen LogP contribution in [-0.4, -0.2) is 17.3 Å². The van der Waals surface area contributed by atoms with Crippen molar-refractivity contribution in [2.45, 2.75) is 46.1 Å². The molecule has 0 radical (unpaired) electrons. The van der Waals surface area contributed by atoms with Crippen LogP contribution in [0.2, 0.25) is 0 Å². The summed E-state index contributed by atoms with van der Waals surface area (Å²) in [5.74, 6) is 0.695. The molecule has 1 amide bonds. The third-order valence-corrected chi connectivity index (χ3v) is 2.51. The number of nitrogens with one attached hydrogen (secondary N) is 1. The molecule has 3 heteroatoms. The SMILES string of the molecule is CCCC(=O)NC(CCBr)C(C)C. The van der Waals surface area contributed by atoms with Gasteiger partial charge in [0, 0.05) is 17.8 Å². The molecular weight excluding hydrogens is 230 g/mol. The number of carbonyl (C=O) groups is 1. The molecule has 0 fully saturated rings. The number of halogens is 1. The van der Waals surface area contributed by atoms with Crippen molar-refractivity contribution in [2.75, 3.05) is 5.33 Å². The lowest BCUT2D eigenvalue weighted by molar-refractivity contribution is -0.122. The summed E-state index contributed by atoms with van der Waals surface area (Å²) >= 11 is 3.40. The number of rotatable bonds is 6. The van der Waals surface area contributed by atoms with Gasteiger partial charge in [0.15, 0.2) is 0 Å². The summed E-state index contributed by atoms with van der Waals surface area (Å²) in [4.78, 5) is 11.3. The molecule has 0 aliphatic carbocycles. The van der Waals surface area contributed by atoms with E-state index >= 15 is 0 Å². The Morgan fingerprint density at radius 2 is 2.08 bits per heavy atom. The number of carbonyl (C=O) groups excluding carboxylic acids is 1. The summed E-state index contributed by atoms with van der Waals surface area (Å²) < 4.78 is 0. The highest BCUT2D eigenvalue weighted by atomic mass is 79.9. The standard InChI is InChI=1S/C10H20BrNO/c1-4-5-10(13)12-9(6-7-11)8(2)3/h8-9H,4-7H2,1-3H3,(H,12,13). The van der Waals surface area contributed by atoms with Crippen LogP contribution in [-0.2, 0) is 4.79 Å². The molecule has 0 spiro atoms. The molecule has 0 aliphatic rings. The zero-order valence-corrected chi connectivity index (χ0v) is 10.4. The molecule has 0 aromatic rings. The molecule has 0 aromatic carbocycles. The van der Waals surface area contributed by atoms with Crippen molar-refractivity contribution in [1.82, 2.24) is 5.32 Å². The average Bonchev–Trinajstić information content (AvgIpc) is 2.04. The van der Waals surface area contributed by atoms with Crippen LogP contribution in [0.1, 0.15) is 40.0 Å². The molecule has 0 bridgehead atoms. The van der Waals surface area contributed by atoms with Crippen LogP contribution >= 0.6 is 15.9 Å². The fraction of sp³-hybridized carbons (Fsp3) is 0.900. The van der Waals surface area contributed by atoms with E-state index in [0.29, 0.717) is 18.4 Å². The van der Waals surface area contributed by atoms with Gasteiger partial charge in [0.05, 0.1) is 0 Å². The van der Waals surface area contributed by atoms with Gasteiger partial charge in [-0.15, -0.1) is 0 Å². The van der Waals surface area contributed by atoms with Crippen LogP contribution in [0.3, 0.4) is 0 Å². The molecule has 0 heterocycles. The number of alkyl halides is 1. The van der Waals surface area contributed by atoms with Gasteiger partial charge in [-0.25, -0.2) is 0 Å². The van der Waals surface area contributed by atoms with Gasteiger partial charge in [0.1, 0.15) is 0 Å². The van der Waals surface area contributed by atoms with Gasteiger partial charge in [-0.1, -0.05) is 36.7 Å². The number of hydrogen-bond acceptors (Lipinski definition) is 1. The number of amides is 1. The van der Waals surface area contributed by atoms with Crippen LogP contribution in [0.5, 0.6) is 0 Å². The monoisotopic (exact) mass is 249 g/mol. The fourth-order valence-electron chi connectivity index (χ4n) is 1.20. The van der Waals surface area contributed by atoms with Gasteiger partial charge < -0.3 is 5.32 Å². The maximum absolute atomic E-state index is 11.3. The van der Waals surface area contributed by atoms with E-state index in [0.717, 1.165) is 18.2 Å². The molecule has 13 heavy (non-hydrogen) atoms. The molecule has 0 saturated carbocycles. The molecule has 1 unspecified atom stereocenters. The average molecular weight is 250 g/mol. The minimum Gasteiger partial charge on any atom is -0.353 e. The highest BCUT2D eigenvalue weighted by molar-refractivity contribution is 9.09. The topological polar surface area (TPSA) is 29.1 Å². The number of hydrogen-bond donors (Lipinski definition) is 1. The first-order valence-corrected chi connectivity index (χ1v) is 6.09. The van der Waals surface area contributed by atoms with Gasteiger partial charge in [0.25, 0.3) is 0 Å². The Hall–Kier alpha value is -0.0500. The van der Waals surface area contributed by atoms with Crippen molar-refractivity contribution >= 4 is 21.8 Å². The Bertz CT molecular complexity index is 148. The zero-order valence-electron chi connectivity index (χ0n) is 8.77. The van der Waals surface area contributed by atoms with E-state index < -0.39 is 0 Å². The summed E-state index contributed by atoms with van der Waals surface area (Å²) in [7, 11) is 0. The molecule has 0 aromatic heterocycles. The predicted molar refractivity (Wildman–Crippen MR) is 60.1 cm³/mol. The Morgan fingerprint density at radius 1 is 1.46 bits per heavy atom. The first kappa shape index (κ1) is 12.9. The second kappa shape index (κ2) is 7.36. The second-order valence-electron chi connectivity index (χ2n) is 3.65. The maximum atomic E-state index is 11.3. The van der Waals surface area contributed by atoms with E-state index in [1.807, 2.05) is 6.92 Å². The minimum absolute atomic E-state index is 0.183. The van der Waals surface area contributed by atoms with E-state index in [4.69, 9.17) is 0 Å². The van der Waals surface area contributed by atoms with Gasteiger partial charge >= 0.3 is 0 Å². The van der Waals surface area contributed by atoms with Crippen molar-refractivity contribution in [3.8, 4) is 0 Å². The van der Waals surface area contributed by atoms with Crippen molar-refractivity contribution in [3.05, 3.63) is 0 Å². The highest BCUT2D eigenvalue weighted by Gasteiger charge is 2.14. The first-order chi connectivity index (χ1) is 6.11. The first-order valence-electron chi connectivity index (χ1n) is 4.97. The van der Waals surface area contributed by atoms with Crippen LogP contribution in [0.15, 0.2) is 0 Å². The molecule has 0 aliphatic heterocycles. The van der Waals surface area contributed by atoms with Crippen molar-refractivity contribution in [3.63, 3.8) is 0 Å².